The quantitative estimate of drug-likeness (QED) is 0.691. The molecule has 0 amide bonds. The molecule has 0 spiro atoms. The Labute approximate surface area is 97.2 Å². The Kier molecular flexibility index (Phi) is 5.83. The first-order chi connectivity index (χ1) is 7.77. The summed E-state index contributed by atoms with van der Waals surface area (Å²) in [5.41, 5.74) is 1.22. The van der Waals surface area contributed by atoms with Gasteiger partial charge in [-0.1, -0.05) is 36.4 Å². The summed E-state index contributed by atoms with van der Waals surface area (Å²) < 4.78 is 0. The summed E-state index contributed by atoms with van der Waals surface area (Å²) >= 11 is 0. The van der Waals surface area contributed by atoms with Gasteiger partial charge in [-0.15, -0.1) is 6.58 Å². The minimum atomic E-state index is -0.455. The molecule has 2 nitrogen and oxygen atoms in total. The molecule has 2 atom stereocenters. The molecule has 0 bridgehead atoms. The van der Waals surface area contributed by atoms with Crippen LogP contribution in [0.15, 0.2) is 43.0 Å². The van der Waals surface area contributed by atoms with Gasteiger partial charge in [-0.3, -0.25) is 0 Å². The number of allylic oxidation sites excluding steroid dienone is 1. The van der Waals surface area contributed by atoms with Crippen LogP contribution in [0.25, 0.3) is 0 Å². The minimum absolute atomic E-state index is 0.0158. The number of rotatable bonds is 7. The number of aliphatic hydroxyl groups is 2. The number of aliphatic hydroxyl groups excluding tert-OH is 2. The van der Waals surface area contributed by atoms with Gasteiger partial charge >= 0.3 is 0 Å². The van der Waals surface area contributed by atoms with E-state index in [1.165, 1.54) is 5.56 Å². The van der Waals surface area contributed by atoms with Gasteiger partial charge in [0.25, 0.3) is 0 Å². The van der Waals surface area contributed by atoms with Crippen molar-refractivity contribution in [3.63, 3.8) is 0 Å². The highest BCUT2D eigenvalue weighted by Gasteiger charge is 2.16. The normalized spacial score (nSPS) is 14.4. The van der Waals surface area contributed by atoms with Gasteiger partial charge in [-0.2, -0.15) is 0 Å². The lowest BCUT2D eigenvalue weighted by Crippen LogP contribution is -2.23. The van der Waals surface area contributed by atoms with Crippen molar-refractivity contribution in [1.82, 2.24) is 0 Å². The summed E-state index contributed by atoms with van der Waals surface area (Å²) in [6, 6.07) is 10.1. The molecule has 0 aliphatic rings. The van der Waals surface area contributed by atoms with Gasteiger partial charge in [0.15, 0.2) is 0 Å². The van der Waals surface area contributed by atoms with E-state index < -0.39 is 6.10 Å². The predicted molar refractivity (Wildman–Crippen MR) is 66.2 cm³/mol. The maximum absolute atomic E-state index is 9.89. The highest BCUT2D eigenvalue weighted by atomic mass is 16.3. The average molecular weight is 220 g/mol. The molecule has 2 unspecified atom stereocenters. The summed E-state index contributed by atoms with van der Waals surface area (Å²) in [6.45, 7) is 3.64. The monoisotopic (exact) mass is 220 g/mol. The van der Waals surface area contributed by atoms with E-state index in [0.717, 1.165) is 6.42 Å². The van der Waals surface area contributed by atoms with Crippen molar-refractivity contribution in [1.29, 1.82) is 0 Å². The minimum Gasteiger partial charge on any atom is -0.396 e. The van der Waals surface area contributed by atoms with Crippen LogP contribution in [0.5, 0.6) is 0 Å². The first-order valence-corrected chi connectivity index (χ1v) is 5.71. The van der Waals surface area contributed by atoms with E-state index >= 15 is 0 Å². The lowest BCUT2D eigenvalue weighted by atomic mass is 9.94. The van der Waals surface area contributed by atoms with Crippen LogP contribution in [0.2, 0.25) is 0 Å². The molecule has 0 fully saturated rings. The third kappa shape index (κ3) is 4.17. The standard InChI is InChI=1S/C14H20O2/c1-2-6-13(11-15)14(16)10-9-12-7-4-3-5-8-12/h2-5,7-8,13-16H,1,6,9-11H2. The van der Waals surface area contributed by atoms with Crippen molar-refractivity contribution >= 4 is 0 Å². The predicted octanol–water partition coefficient (Wildman–Crippen LogP) is 2.16. The van der Waals surface area contributed by atoms with Gasteiger partial charge in [-0.25, -0.2) is 0 Å². The Morgan fingerprint density at radius 2 is 1.94 bits per heavy atom. The SMILES string of the molecule is C=CCC(CO)C(O)CCc1ccccc1. The Hall–Kier alpha value is -1.12. The molecular formula is C14H20O2. The van der Waals surface area contributed by atoms with Gasteiger partial charge in [0.05, 0.1) is 6.10 Å². The van der Waals surface area contributed by atoms with Crippen LogP contribution in [-0.4, -0.2) is 22.9 Å². The molecule has 2 N–H and O–H groups in total. The summed E-state index contributed by atoms with van der Waals surface area (Å²) in [5, 5.41) is 19.0. The Bertz CT molecular complexity index is 295. The molecule has 2 heteroatoms. The van der Waals surface area contributed by atoms with Gasteiger partial charge in [0.1, 0.15) is 0 Å². The van der Waals surface area contributed by atoms with E-state index in [0.29, 0.717) is 12.8 Å². The molecule has 0 saturated carbocycles. The van der Waals surface area contributed by atoms with Crippen molar-refractivity contribution < 1.29 is 10.2 Å². The van der Waals surface area contributed by atoms with Gasteiger partial charge in [0, 0.05) is 12.5 Å². The first-order valence-electron chi connectivity index (χ1n) is 5.71. The molecule has 0 radical (unpaired) electrons. The Balaban J connectivity index is 2.39. The molecular weight excluding hydrogens is 200 g/mol. The highest BCUT2D eigenvalue weighted by Crippen LogP contribution is 2.14. The van der Waals surface area contributed by atoms with E-state index in [1.807, 2.05) is 30.3 Å². The zero-order valence-electron chi connectivity index (χ0n) is 9.55. The van der Waals surface area contributed by atoms with E-state index in [9.17, 15) is 5.11 Å². The third-order valence-electron chi connectivity index (χ3n) is 2.82. The number of hydrogen-bond acceptors (Lipinski definition) is 2. The maximum atomic E-state index is 9.89. The zero-order valence-corrected chi connectivity index (χ0v) is 9.55. The van der Waals surface area contributed by atoms with Gasteiger partial charge in [-0.05, 0) is 24.8 Å². The summed E-state index contributed by atoms with van der Waals surface area (Å²) in [5.74, 6) is -0.0822. The Morgan fingerprint density at radius 3 is 2.50 bits per heavy atom. The molecule has 16 heavy (non-hydrogen) atoms. The van der Waals surface area contributed by atoms with E-state index in [-0.39, 0.29) is 12.5 Å². The second-order valence-corrected chi connectivity index (χ2v) is 4.06. The number of aryl methyl sites for hydroxylation is 1. The molecule has 0 heterocycles. The van der Waals surface area contributed by atoms with Crippen LogP contribution in [0, 0.1) is 5.92 Å². The van der Waals surface area contributed by atoms with E-state index in [1.54, 1.807) is 6.08 Å². The molecule has 1 aromatic rings. The van der Waals surface area contributed by atoms with Crippen LogP contribution in [0.3, 0.4) is 0 Å². The average Bonchev–Trinajstić information content (AvgIpc) is 2.34. The van der Waals surface area contributed by atoms with Crippen LogP contribution < -0.4 is 0 Å². The van der Waals surface area contributed by atoms with Gasteiger partial charge in [0.2, 0.25) is 0 Å². The smallest absolute Gasteiger partial charge is 0.0596 e. The molecule has 0 aliphatic carbocycles. The molecule has 0 aromatic heterocycles. The van der Waals surface area contributed by atoms with E-state index in [4.69, 9.17) is 5.11 Å². The second-order valence-electron chi connectivity index (χ2n) is 4.06. The van der Waals surface area contributed by atoms with Crippen LogP contribution in [0.1, 0.15) is 18.4 Å². The Morgan fingerprint density at radius 1 is 1.25 bits per heavy atom. The number of hydrogen-bond donors (Lipinski definition) is 2. The van der Waals surface area contributed by atoms with Crippen LogP contribution in [0.4, 0.5) is 0 Å². The second kappa shape index (κ2) is 7.20. The van der Waals surface area contributed by atoms with Crippen molar-refractivity contribution in [2.75, 3.05) is 6.61 Å². The van der Waals surface area contributed by atoms with Crippen molar-refractivity contribution in [3.8, 4) is 0 Å². The first kappa shape index (κ1) is 12.9. The summed E-state index contributed by atoms with van der Waals surface area (Å²) in [6.07, 6.45) is 3.47. The molecule has 0 aliphatic heterocycles. The molecule has 88 valence electrons. The van der Waals surface area contributed by atoms with E-state index in [2.05, 4.69) is 6.58 Å². The lowest BCUT2D eigenvalue weighted by molar-refractivity contribution is 0.0627. The maximum Gasteiger partial charge on any atom is 0.0596 e. The fraction of sp³-hybridized carbons (Fsp3) is 0.429. The van der Waals surface area contributed by atoms with Crippen molar-refractivity contribution in [3.05, 3.63) is 48.6 Å². The topological polar surface area (TPSA) is 40.5 Å². The highest BCUT2D eigenvalue weighted by molar-refractivity contribution is 5.14. The molecule has 0 saturated heterocycles. The fourth-order valence-corrected chi connectivity index (χ4v) is 1.76. The van der Waals surface area contributed by atoms with Crippen LogP contribution >= 0.6 is 0 Å². The zero-order chi connectivity index (χ0) is 11.8. The van der Waals surface area contributed by atoms with Gasteiger partial charge < -0.3 is 10.2 Å². The fourth-order valence-electron chi connectivity index (χ4n) is 1.76. The molecule has 1 aromatic carbocycles. The number of benzene rings is 1. The lowest BCUT2D eigenvalue weighted by Gasteiger charge is -2.19. The molecule has 1 rings (SSSR count). The van der Waals surface area contributed by atoms with Crippen LogP contribution in [-0.2, 0) is 6.42 Å². The summed E-state index contributed by atoms with van der Waals surface area (Å²) in [4.78, 5) is 0. The summed E-state index contributed by atoms with van der Waals surface area (Å²) in [7, 11) is 0. The third-order valence-corrected chi connectivity index (χ3v) is 2.82. The van der Waals surface area contributed by atoms with Crippen molar-refractivity contribution in [2.45, 2.75) is 25.4 Å². The largest absolute Gasteiger partial charge is 0.396 e. The van der Waals surface area contributed by atoms with Crippen molar-refractivity contribution in [2.24, 2.45) is 5.92 Å².